The van der Waals surface area contributed by atoms with Gasteiger partial charge in [0.05, 0.1) is 18.1 Å². The van der Waals surface area contributed by atoms with Gasteiger partial charge < -0.3 is 9.84 Å². The fourth-order valence-electron chi connectivity index (χ4n) is 2.00. The van der Waals surface area contributed by atoms with E-state index in [2.05, 4.69) is 0 Å². The van der Waals surface area contributed by atoms with E-state index < -0.39 is 5.97 Å². The molecule has 1 rings (SSSR count). The van der Waals surface area contributed by atoms with Crippen LogP contribution in [-0.4, -0.2) is 23.3 Å². The Kier molecular flexibility index (Phi) is 3.93. The van der Waals surface area contributed by atoms with Crippen LogP contribution < -0.4 is 0 Å². The third-order valence-electron chi connectivity index (χ3n) is 2.96. The van der Waals surface area contributed by atoms with Crippen molar-refractivity contribution < 1.29 is 14.6 Å². The Morgan fingerprint density at radius 3 is 2.50 bits per heavy atom. The molecule has 1 aliphatic rings. The van der Waals surface area contributed by atoms with Gasteiger partial charge >= 0.3 is 5.97 Å². The van der Waals surface area contributed by atoms with Crippen LogP contribution in [0.15, 0.2) is 0 Å². The number of rotatable bonds is 4. The van der Waals surface area contributed by atoms with Crippen molar-refractivity contribution in [1.82, 2.24) is 0 Å². The second kappa shape index (κ2) is 4.78. The van der Waals surface area contributed by atoms with Gasteiger partial charge in [0.1, 0.15) is 0 Å². The van der Waals surface area contributed by atoms with Crippen LogP contribution in [0, 0.1) is 11.8 Å². The monoisotopic (exact) mass is 200 g/mol. The first-order valence-corrected chi connectivity index (χ1v) is 5.39. The maximum absolute atomic E-state index is 11.0. The molecule has 1 aliphatic heterocycles. The van der Waals surface area contributed by atoms with Crippen molar-refractivity contribution in [2.45, 2.75) is 52.2 Å². The zero-order valence-electron chi connectivity index (χ0n) is 9.19. The van der Waals surface area contributed by atoms with E-state index in [-0.39, 0.29) is 17.9 Å². The van der Waals surface area contributed by atoms with Gasteiger partial charge in [0, 0.05) is 0 Å². The minimum Gasteiger partial charge on any atom is -0.481 e. The van der Waals surface area contributed by atoms with E-state index in [1.165, 1.54) is 0 Å². The molecule has 14 heavy (non-hydrogen) atoms. The highest BCUT2D eigenvalue weighted by molar-refractivity contribution is 5.70. The Morgan fingerprint density at radius 1 is 1.50 bits per heavy atom. The molecule has 0 aromatic rings. The Labute approximate surface area is 85.5 Å². The highest BCUT2D eigenvalue weighted by Crippen LogP contribution is 2.27. The van der Waals surface area contributed by atoms with E-state index in [0.717, 1.165) is 12.8 Å². The summed E-state index contributed by atoms with van der Waals surface area (Å²) in [5.41, 5.74) is 0. The molecule has 3 unspecified atom stereocenters. The summed E-state index contributed by atoms with van der Waals surface area (Å²) < 4.78 is 5.63. The van der Waals surface area contributed by atoms with Crippen molar-refractivity contribution in [3.63, 3.8) is 0 Å². The van der Waals surface area contributed by atoms with Gasteiger partial charge in [0.15, 0.2) is 0 Å². The van der Waals surface area contributed by atoms with Gasteiger partial charge in [-0.15, -0.1) is 0 Å². The van der Waals surface area contributed by atoms with Gasteiger partial charge in [-0.1, -0.05) is 13.8 Å². The predicted molar refractivity (Wildman–Crippen MR) is 54.1 cm³/mol. The largest absolute Gasteiger partial charge is 0.481 e. The normalized spacial score (nSPS) is 29.4. The summed E-state index contributed by atoms with van der Waals surface area (Å²) in [4.78, 5) is 11.0. The molecule has 3 atom stereocenters. The van der Waals surface area contributed by atoms with Crippen molar-refractivity contribution in [2.24, 2.45) is 11.8 Å². The fourth-order valence-corrected chi connectivity index (χ4v) is 2.00. The Bertz CT molecular complexity index is 201. The van der Waals surface area contributed by atoms with Crippen LogP contribution in [-0.2, 0) is 9.53 Å². The molecule has 0 saturated carbocycles. The molecule has 0 aromatic carbocycles. The Balaban J connectivity index is 2.44. The number of hydrogen-bond donors (Lipinski definition) is 1. The Hall–Kier alpha value is -0.570. The molecule has 0 radical (unpaired) electrons. The first kappa shape index (κ1) is 11.5. The molecule has 3 heteroatoms. The molecular weight excluding hydrogens is 180 g/mol. The molecule has 1 saturated heterocycles. The lowest BCUT2D eigenvalue weighted by molar-refractivity contribution is -0.144. The third kappa shape index (κ3) is 2.98. The maximum atomic E-state index is 11.0. The third-order valence-corrected chi connectivity index (χ3v) is 2.96. The van der Waals surface area contributed by atoms with Gasteiger partial charge in [-0.25, -0.2) is 0 Å². The first-order valence-electron chi connectivity index (χ1n) is 5.39. The summed E-state index contributed by atoms with van der Waals surface area (Å²) in [5, 5.41) is 9.01. The van der Waals surface area contributed by atoms with E-state index in [4.69, 9.17) is 9.84 Å². The van der Waals surface area contributed by atoms with Crippen LogP contribution in [0.1, 0.15) is 40.0 Å². The standard InChI is InChI=1S/C11H20O3/c1-7(2)10(11(12)13)6-9-5-4-8(3)14-9/h7-10H,4-6H2,1-3H3,(H,12,13). The molecule has 0 spiro atoms. The van der Waals surface area contributed by atoms with Crippen LogP contribution in [0.2, 0.25) is 0 Å². The number of carboxylic acid groups (broad SMARTS) is 1. The van der Waals surface area contributed by atoms with Crippen LogP contribution >= 0.6 is 0 Å². The van der Waals surface area contributed by atoms with E-state index in [1.54, 1.807) is 0 Å². The highest BCUT2D eigenvalue weighted by atomic mass is 16.5. The van der Waals surface area contributed by atoms with Gasteiger partial charge in [0.2, 0.25) is 0 Å². The summed E-state index contributed by atoms with van der Waals surface area (Å²) in [5.74, 6) is -0.763. The number of hydrogen-bond acceptors (Lipinski definition) is 2. The fraction of sp³-hybridized carbons (Fsp3) is 0.909. The zero-order valence-corrected chi connectivity index (χ0v) is 9.19. The first-order chi connectivity index (χ1) is 6.50. The molecule has 82 valence electrons. The van der Waals surface area contributed by atoms with Gasteiger partial charge in [-0.05, 0) is 32.1 Å². The SMILES string of the molecule is CC1CCC(CC(C(=O)O)C(C)C)O1. The quantitative estimate of drug-likeness (QED) is 0.757. The zero-order chi connectivity index (χ0) is 10.7. The number of carboxylic acids is 1. The highest BCUT2D eigenvalue weighted by Gasteiger charge is 2.29. The van der Waals surface area contributed by atoms with Crippen molar-refractivity contribution >= 4 is 5.97 Å². The van der Waals surface area contributed by atoms with Gasteiger partial charge in [-0.2, -0.15) is 0 Å². The minimum absolute atomic E-state index is 0.161. The molecular formula is C11H20O3. The molecule has 0 bridgehead atoms. The summed E-state index contributed by atoms with van der Waals surface area (Å²) >= 11 is 0. The van der Waals surface area contributed by atoms with E-state index in [0.29, 0.717) is 12.5 Å². The van der Waals surface area contributed by atoms with Crippen LogP contribution in [0.4, 0.5) is 0 Å². The van der Waals surface area contributed by atoms with Crippen LogP contribution in [0.25, 0.3) is 0 Å². The average Bonchev–Trinajstić information content (AvgIpc) is 2.46. The number of ether oxygens (including phenoxy) is 1. The lowest BCUT2D eigenvalue weighted by atomic mass is 9.89. The topological polar surface area (TPSA) is 46.5 Å². The van der Waals surface area contributed by atoms with E-state index in [1.807, 2.05) is 20.8 Å². The molecule has 1 heterocycles. The summed E-state index contributed by atoms with van der Waals surface area (Å²) in [6.07, 6.45) is 3.21. The maximum Gasteiger partial charge on any atom is 0.306 e. The van der Waals surface area contributed by atoms with Crippen LogP contribution in [0.5, 0.6) is 0 Å². The molecule has 3 nitrogen and oxygen atoms in total. The predicted octanol–water partition coefficient (Wildman–Crippen LogP) is 2.30. The average molecular weight is 200 g/mol. The molecule has 0 aliphatic carbocycles. The smallest absolute Gasteiger partial charge is 0.306 e. The summed E-state index contributed by atoms with van der Waals surface area (Å²) in [6, 6.07) is 0. The van der Waals surface area contributed by atoms with Crippen molar-refractivity contribution in [2.75, 3.05) is 0 Å². The molecule has 1 fully saturated rings. The molecule has 0 amide bonds. The molecule has 0 aromatic heterocycles. The van der Waals surface area contributed by atoms with Gasteiger partial charge in [0.25, 0.3) is 0 Å². The number of carbonyl (C=O) groups is 1. The second-order valence-electron chi connectivity index (χ2n) is 4.57. The Morgan fingerprint density at radius 2 is 2.14 bits per heavy atom. The van der Waals surface area contributed by atoms with Crippen molar-refractivity contribution in [3.8, 4) is 0 Å². The minimum atomic E-state index is -0.692. The van der Waals surface area contributed by atoms with Crippen LogP contribution in [0.3, 0.4) is 0 Å². The van der Waals surface area contributed by atoms with E-state index in [9.17, 15) is 4.79 Å². The van der Waals surface area contributed by atoms with E-state index >= 15 is 0 Å². The van der Waals surface area contributed by atoms with Gasteiger partial charge in [-0.3, -0.25) is 4.79 Å². The van der Waals surface area contributed by atoms with Crippen molar-refractivity contribution in [3.05, 3.63) is 0 Å². The lowest BCUT2D eigenvalue weighted by Gasteiger charge is -2.20. The summed E-state index contributed by atoms with van der Waals surface area (Å²) in [7, 11) is 0. The summed E-state index contributed by atoms with van der Waals surface area (Å²) in [6.45, 7) is 5.96. The molecule has 1 N–H and O–H groups in total. The second-order valence-corrected chi connectivity index (χ2v) is 4.57. The lowest BCUT2D eigenvalue weighted by Crippen LogP contribution is -2.25. The number of aliphatic carboxylic acids is 1. The van der Waals surface area contributed by atoms with Crippen molar-refractivity contribution in [1.29, 1.82) is 0 Å².